The van der Waals surface area contributed by atoms with Crippen LogP contribution in [0.4, 0.5) is 21.9 Å². The number of para-hydroxylation sites is 1. The number of nitroso groups, excluding NO2 is 1. The van der Waals surface area contributed by atoms with Crippen LogP contribution in [0.15, 0.2) is 53.7 Å². The van der Waals surface area contributed by atoms with Crippen molar-refractivity contribution in [3.05, 3.63) is 59.0 Å². The molecule has 2 aliphatic rings. The third-order valence-electron chi connectivity index (χ3n) is 6.16. The van der Waals surface area contributed by atoms with Gasteiger partial charge >= 0.3 is 6.03 Å². The van der Waals surface area contributed by atoms with Crippen molar-refractivity contribution in [3.63, 3.8) is 0 Å². The van der Waals surface area contributed by atoms with Crippen molar-refractivity contribution in [2.45, 2.75) is 44.6 Å². The zero-order valence-electron chi connectivity index (χ0n) is 17.8. The molecule has 0 atom stereocenters. The molecule has 4 rings (SSSR count). The van der Waals surface area contributed by atoms with Gasteiger partial charge in [0.2, 0.25) is 5.91 Å². The Morgan fingerprint density at radius 2 is 1.77 bits per heavy atom. The highest BCUT2D eigenvalue weighted by molar-refractivity contribution is 6.02. The molecule has 3 amide bonds. The molecule has 31 heavy (non-hydrogen) atoms. The second-order valence-electron chi connectivity index (χ2n) is 8.56. The van der Waals surface area contributed by atoms with E-state index in [9.17, 15) is 14.5 Å². The fraction of sp³-hybridized carbons (Fsp3) is 0.391. The zero-order valence-corrected chi connectivity index (χ0v) is 17.8. The molecule has 1 spiro atoms. The fourth-order valence-electron chi connectivity index (χ4n) is 4.36. The number of rotatable bonds is 4. The van der Waals surface area contributed by atoms with Gasteiger partial charge in [-0.05, 0) is 59.8 Å². The van der Waals surface area contributed by atoms with Gasteiger partial charge in [0.15, 0.2) is 0 Å². The highest BCUT2D eigenvalue weighted by Crippen LogP contribution is 2.34. The minimum atomic E-state index is -0.450. The number of carbonyl (C=O) groups excluding carboxylic acids is 2. The highest BCUT2D eigenvalue weighted by Gasteiger charge is 2.47. The molecule has 2 N–H and O–H groups in total. The van der Waals surface area contributed by atoms with Gasteiger partial charge in [0, 0.05) is 30.9 Å². The van der Waals surface area contributed by atoms with E-state index in [-0.39, 0.29) is 11.8 Å². The topological polar surface area (TPSA) is 94.1 Å². The summed E-state index contributed by atoms with van der Waals surface area (Å²) in [5.41, 5.74) is 5.97. The summed E-state index contributed by atoms with van der Waals surface area (Å²) in [5, 5.41) is 6.96. The summed E-state index contributed by atoms with van der Waals surface area (Å²) in [6.07, 6.45) is 1.77. The van der Waals surface area contributed by atoms with Gasteiger partial charge in [0.25, 0.3) is 0 Å². The number of anilines is 2. The molecule has 0 aromatic heterocycles. The first-order valence-corrected chi connectivity index (χ1v) is 10.6. The number of hydrazine groups is 1. The van der Waals surface area contributed by atoms with E-state index in [1.54, 1.807) is 12.1 Å². The van der Waals surface area contributed by atoms with Gasteiger partial charge in [0.05, 0.1) is 5.54 Å². The predicted octanol–water partition coefficient (Wildman–Crippen LogP) is 4.52. The molecule has 2 heterocycles. The normalized spacial score (nSPS) is 18.0. The second kappa shape index (κ2) is 8.47. The van der Waals surface area contributed by atoms with Crippen LogP contribution in [0.2, 0.25) is 0 Å². The van der Waals surface area contributed by atoms with Gasteiger partial charge < -0.3 is 10.2 Å². The van der Waals surface area contributed by atoms with Crippen LogP contribution in [-0.4, -0.2) is 35.6 Å². The largest absolute Gasteiger partial charge is 0.371 e. The number of hydrogen-bond donors (Lipinski definition) is 2. The van der Waals surface area contributed by atoms with Crippen LogP contribution < -0.4 is 15.6 Å². The maximum absolute atomic E-state index is 12.9. The van der Waals surface area contributed by atoms with Crippen molar-refractivity contribution in [2.24, 2.45) is 5.18 Å². The lowest BCUT2D eigenvalue weighted by Gasteiger charge is -2.40. The Morgan fingerprint density at radius 1 is 1.10 bits per heavy atom. The van der Waals surface area contributed by atoms with Crippen molar-refractivity contribution in [3.8, 4) is 0 Å². The number of piperidine rings is 1. The molecule has 0 radical (unpaired) electrons. The predicted molar refractivity (Wildman–Crippen MR) is 120 cm³/mol. The van der Waals surface area contributed by atoms with Crippen molar-refractivity contribution >= 4 is 29.0 Å². The Bertz CT molecular complexity index is 981. The van der Waals surface area contributed by atoms with Gasteiger partial charge in [-0.15, -0.1) is 4.91 Å². The van der Waals surface area contributed by atoms with Gasteiger partial charge in [-0.2, -0.15) is 5.01 Å². The van der Waals surface area contributed by atoms with Crippen LogP contribution in [0.1, 0.15) is 44.6 Å². The molecule has 8 heteroatoms. The van der Waals surface area contributed by atoms with Gasteiger partial charge in [0.1, 0.15) is 5.69 Å². The Labute approximate surface area is 181 Å². The Morgan fingerprint density at radius 3 is 2.42 bits per heavy atom. The van der Waals surface area contributed by atoms with Crippen molar-refractivity contribution < 1.29 is 9.59 Å². The van der Waals surface area contributed by atoms with Crippen LogP contribution in [0, 0.1) is 4.91 Å². The van der Waals surface area contributed by atoms with E-state index in [0.29, 0.717) is 12.1 Å². The van der Waals surface area contributed by atoms with Crippen LogP contribution in [0.5, 0.6) is 0 Å². The maximum Gasteiger partial charge on any atom is 0.343 e. The van der Waals surface area contributed by atoms with E-state index < -0.39 is 11.6 Å². The number of amides is 3. The number of benzene rings is 2. The average Bonchev–Trinajstić information content (AvgIpc) is 3.10. The molecule has 2 aliphatic heterocycles. The van der Waals surface area contributed by atoms with Gasteiger partial charge in [-0.25, -0.2) is 10.2 Å². The third-order valence-corrected chi connectivity index (χ3v) is 6.16. The fourth-order valence-corrected chi connectivity index (χ4v) is 4.36. The second-order valence-corrected chi connectivity index (χ2v) is 8.56. The summed E-state index contributed by atoms with van der Waals surface area (Å²) in [7, 11) is 0. The van der Waals surface area contributed by atoms with Crippen molar-refractivity contribution in [1.29, 1.82) is 0 Å². The molecule has 8 nitrogen and oxygen atoms in total. The minimum Gasteiger partial charge on any atom is -0.371 e. The summed E-state index contributed by atoms with van der Waals surface area (Å²) in [4.78, 5) is 38.4. The Kier molecular flexibility index (Phi) is 5.73. The molecule has 2 aromatic rings. The lowest BCUT2D eigenvalue weighted by molar-refractivity contribution is -0.126. The van der Waals surface area contributed by atoms with Crippen molar-refractivity contribution in [2.75, 3.05) is 23.3 Å². The van der Waals surface area contributed by atoms with Crippen LogP contribution in [0.3, 0.4) is 0 Å². The molecular weight excluding hydrogens is 394 g/mol. The molecule has 0 bridgehead atoms. The molecule has 0 saturated carbocycles. The first-order chi connectivity index (χ1) is 14.9. The monoisotopic (exact) mass is 421 g/mol. The summed E-state index contributed by atoms with van der Waals surface area (Å²) in [6, 6.07) is 14.4. The summed E-state index contributed by atoms with van der Waals surface area (Å²) >= 11 is 0. The van der Waals surface area contributed by atoms with E-state index in [1.165, 1.54) is 0 Å². The summed E-state index contributed by atoms with van der Waals surface area (Å²) < 4.78 is 0. The van der Waals surface area contributed by atoms with E-state index in [2.05, 4.69) is 34.7 Å². The van der Waals surface area contributed by atoms with Crippen LogP contribution in [0.25, 0.3) is 0 Å². The minimum absolute atomic E-state index is 0.214. The lowest BCUT2D eigenvalue weighted by Crippen LogP contribution is -2.55. The smallest absolute Gasteiger partial charge is 0.343 e. The zero-order chi connectivity index (χ0) is 22.0. The SMILES string of the molecule is CC(C)c1ccccc1NC(=O)N1NC2(CCN(c3ccc(N=O)cc3)CC2)CC1=O. The maximum atomic E-state index is 12.9. The van der Waals surface area contributed by atoms with E-state index in [4.69, 9.17) is 0 Å². The third kappa shape index (κ3) is 4.29. The number of nitrogens with one attached hydrogen (secondary N) is 2. The molecule has 2 saturated heterocycles. The van der Waals surface area contributed by atoms with Gasteiger partial charge in [-0.1, -0.05) is 32.0 Å². The first-order valence-electron chi connectivity index (χ1n) is 10.6. The van der Waals surface area contributed by atoms with E-state index in [1.807, 2.05) is 36.4 Å². The van der Waals surface area contributed by atoms with Gasteiger partial charge in [-0.3, -0.25) is 4.79 Å². The van der Waals surface area contributed by atoms with Crippen LogP contribution >= 0.6 is 0 Å². The standard InChI is InChI=1S/C23H27N5O3/c1-16(2)19-5-3-4-6-20(19)24-22(30)28-21(29)15-23(26-28)11-13-27(14-12-23)18-9-7-17(25-31)8-10-18/h3-10,16,26H,11-15H2,1-2H3,(H,24,30). The Hall–Kier alpha value is -3.26. The van der Waals surface area contributed by atoms with Crippen LogP contribution in [-0.2, 0) is 4.79 Å². The number of carbonyl (C=O) groups is 2. The van der Waals surface area contributed by atoms with Crippen molar-refractivity contribution in [1.82, 2.24) is 10.4 Å². The average molecular weight is 422 g/mol. The lowest BCUT2D eigenvalue weighted by atomic mass is 9.86. The van der Waals surface area contributed by atoms with E-state index in [0.717, 1.165) is 47.9 Å². The first kappa shape index (κ1) is 21.0. The number of nitrogens with zero attached hydrogens (tertiary/aromatic N) is 3. The molecular formula is C23H27N5O3. The quantitative estimate of drug-likeness (QED) is 0.708. The summed E-state index contributed by atoms with van der Waals surface area (Å²) in [6.45, 7) is 5.63. The Balaban J connectivity index is 1.40. The number of imide groups is 1. The number of urea groups is 1. The highest BCUT2D eigenvalue weighted by atomic mass is 16.3. The summed E-state index contributed by atoms with van der Waals surface area (Å²) in [5.74, 6) is 0.0418. The molecule has 2 fully saturated rings. The molecule has 0 aliphatic carbocycles. The van der Waals surface area contributed by atoms with E-state index >= 15 is 0 Å². The molecule has 2 aromatic carbocycles. The number of hydrogen-bond acceptors (Lipinski definition) is 6. The molecule has 0 unspecified atom stereocenters. The molecule has 162 valence electrons.